The van der Waals surface area contributed by atoms with E-state index in [1.807, 2.05) is 12.5 Å². The fourth-order valence-corrected chi connectivity index (χ4v) is 3.43. The monoisotopic (exact) mass is 263 g/mol. The van der Waals surface area contributed by atoms with Crippen LogP contribution < -0.4 is 5.32 Å². The van der Waals surface area contributed by atoms with E-state index in [1.165, 1.54) is 31.4 Å². The van der Waals surface area contributed by atoms with Crippen molar-refractivity contribution in [1.29, 1.82) is 0 Å². The zero-order valence-electron chi connectivity index (χ0n) is 12.9. The number of aromatic nitrogens is 2. The minimum Gasteiger partial charge on any atom is -0.334 e. The summed E-state index contributed by atoms with van der Waals surface area (Å²) in [7, 11) is 0. The molecular formula is C16H29N3. The van der Waals surface area contributed by atoms with E-state index in [9.17, 15) is 0 Å². The molecule has 2 atom stereocenters. The standard InChI is InChI=1S/C16H29N3/c1-5-19-12-17-10-13(19)11-18-15-9-7-6-8-14(15)16(2,3)4/h10,12,14-15,18H,5-9,11H2,1-4H3. The van der Waals surface area contributed by atoms with Gasteiger partial charge in [-0.15, -0.1) is 0 Å². The molecule has 1 saturated carbocycles. The molecule has 3 nitrogen and oxygen atoms in total. The molecule has 1 aliphatic carbocycles. The predicted octanol–water partition coefficient (Wildman–Crippen LogP) is 3.60. The number of nitrogens with one attached hydrogen (secondary N) is 1. The summed E-state index contributed by atoms with van der Waals surface area (Å²) in [6, 6.07) is 0.661. The summed E-state index contributed by atoms with van der Waals surface area (Å²) in [5, 5.41) is 3.79. The minimum absolute atomic E-state index is 0.406. The molecule has 3 heteroatoms. The first-order valence-electron chi connectivity index (χ1n) is 7.74. The van der Waals surface area contributed by atoms with E-state index in [4.69, 9.17) is 0 Å². The van der Waals surface area contributed by atoms with Crippen LogP contribution in [0.2, 0.25) is 0 Å². The van der Waals surface area contributed by atoms with Crippen LogP contribution in [0.5, 0.6) is 0 Å². The average molecular weight is 263 g/mol. The lowest BCUT2D eigenvalue weighted by Crippen LogP contribution is -2.44. The highest BCUT2D eigenvalue weighted by atomic mass is 15.1. The van der Waals surface area contributed by atoms with Crippen molar-refractivity contribution in [3.8, 4) is 0 Å². The van der Waals surface area contributed by atoms with Crippen LogP contribution >= 0.6 is 0 Å². The van der Waals surface area contributed by atoms with E-state index >= 15 is 0 Å². The maximum Gasteiger partial charge on any atom is 0.0948 e. The Balaban J connectivity index is 1.97. The molecule has 0 radical (unpaired) electrons. The van der Waals surface area contributed by atoms with Crippen molar-refractivity contribution >= 4 is 0 Å². The lowest BCUT2D eigenvalue weighted by atomic mass is 9.69. The molecule has 0 bridgehead atoms. The summed E-state index contributed by atoms with van der Waals surface area (Å²) in [5.41, 5.74) is 1.71. The molecule has 0 spiro atoms. The first-order chi connectivity index (χ1) is 9.02. The van der Waals surface area contributed by atoms with Gasteiger partial charge in [0.2, 0.25) is 0 Å². The van der Waals surface area contributed by atoms with E-state index in [1.54, 1.807) is 0 Å². The highest BCUT2D eigenvalue weighted by Crippen LogP contribution is 2.38. The Bertz CT molecular complexity index is 389. The van der Waals surface area contributed by atoms with Crippen molar-refractivity contribution in [3.05, 3.63) is 18.2 Å². The Hall–Kier alpha value is -0.830. The molecule has 108 valence electrons. The van der Waals surface area contributed by atoms with Crippen molar-refractivity contribution in [2.24, 2.45) is 11.3 Å². The van der Waals surface area contributed by atoms with Gasteiger partial charge in [-0.1, -0.05) is 33.6 Å². The molecule has 1 aliphatic rings. The Kier molecular flexibility index (Phi) is 4.67. The number of hydrogen-bond acceptors (Lipinski definition) is 2. The highest BCUT2D eigenvalue weighted by molar-refractivity contribution is 4.99. The van der Waals surface area contributed by atoms with Crippen LogP contribution in [0, 0.1) is 11.3 Å². The number of rotatable bonds is 4. The molecular weight excluding hydrogens is 234 g/mol. The SMILES string of the molecule is CCn1cncc1CNC1CCCCC1C(C)(C)C. The lowest BCUT2D eigenvalue weighted by molar-refractivity contribution is 0.130. The molecule has 2 unspecified atom stereocenters. The van der Waals surface area contributed by atoms with Crippen molar-refractivity contribution < 1.29 is 0 Å². The fourth-order valence-electron chi connectivity index (χ4n) is 3.43. The quantitative estimate of drug-likeness (QED) is 0.899. The second-order valence-corrected chi connectivity index (χ2v) is 6.92. The summed E-state index contributed by atoms with van der Waals surface area (Å²) in [5.74, 6) is 0.791. The molecule has 19 heavy (non-hydrogen) atoms. The van der Waals surface area contributed by atoms with Gasteiger partial charge in [-0.25, -0.2) is 4.98 Å². The van der Waals surface area contributed by atoms with Crippen LogP contribution in [0.25, 0.3) is 0 Å². The third kappa shape index (κ3) is 3.59. The number of hydrogen-bond donors (Lipinski definition) is 1. The maximum atomic E-state index is 4.25. The topological polar surface area (TPSA) is 29.9 Å². The third-order valence-electron chi connectivity index (χ3n) is 4.56. The molecule has 1 N–H and O–H groups in total. The number of imidazole rings is 1. The van der Waals surface area contributed by atoms with E-state index in [0.29, 0.717) is 11.5 Å². The van der Waals surface area contributed by atoms with Gasteiger partial charge in [0, 0.05) is 25.3 Å². The van der Waals surface area contributed by atoms with Crippen molar-refractivity contribution in [2.75, 3.05) is 0 Å². The molecule has 0 aromatic carbocycles. The van der Waals surface area contributed by atoms with Crippen LogP contribution in [-0.4, -0.2) is 15.6 Å². The van der Waals surface area contributed by atoms with Gasteiger partial charge >= 0.3 is 0 Å². The van der Waals surface area contributed by atoms with Gasteiger partial charge in [-0.05, 0) is 31.1 Å². The summed E-state index contributed by atoms with van der Waals surface area (Å²) >= 11 is 0. The van der Waals surface area contributed by atoms with Crippen LogP contribution in [0.3, 0.4) is 0 Å². The molecule has 0 aliphatic heterocycles. The van der Waals surface area contributed by atoms with Gasteiger partial charge in [0.25, 0.3) is 0 Å². The van der Waals surface area contributed by atoms with E-state index in [-0.39, 0.29) is 0 Å². The third-order valence-corrected chi connectivity index (χ3v) is 4.56. The Morgan fingerprint density at radius 2 is 2.05 bits per heavy atom. The molecule has 1 aromatic heterocycles. The zero-order chi connectivity index (χ0) is 13.9. The molecule has 1 fully saturated rings. The zero-order valence-corrected chi connectivity index (χ0v) is 12.9. The fraction of sp³-hybridized carbons (Fsp3) is 0.812. The Morgan fingerprint density at radius 1 is 1.32 bits per heavy atom. The summed E-state index contributed by atoms with van der Waals surface area (Å²) in [6.07, 6.45) is 9.38. The van der Waals surface area contributed by atoms with E-state index in [2.05, 4.69) is 42.6 Å². The van der Waals surface area contributed by atoms with Gasteiger partial charge in [0.15, 0.2) is 0 Å². The predicted molar refractivity (Wildman–Crippen MR) is 79.9 cm³/mol. The average Bonchev–Trinajstić information content (AvgIpc) is 2.83. The van der Waals surface area contributed by atoms with Gasteiger partial charge in [-0.3, -0.25) is 0 Å². The molecule has 1 aromatic rings. The molecule has 0 amide bonds. The highest BCUT2D eigenvalue weighted by Gasteiger charge is 2.33. The van der Waals surface area contributed by atoms with Crippen LogP contribution in [-0.2, 0) is 13.1 Å². The van der Waals surface area contributed by atoms with Gasteiger partial charge < -0.3 is 9.88 Å². The summed E-state index contributed by atoms with van der Waals surface area (Å²) in [4.78, 5) is 4.25. The largest absolute Gasteiger partial charge is 0.334 e. The van der Waals surface area contributed by atoms with E-state index in [0.717, 1.165) is 19.0 Å². The maximum absolute atomic E-state index is 4.25. The van der Waals surface area contributed by atoms with Crippen LogP contribution in [0.15, 0.2) is 12.5 Å². The van der Waals surface area contributed by atoms with Gasteiger partial charge in [-0.2, -0.15) is 0 Å². The Morgan fingerprint density at radius 3 is 2.74 bits per heavy atom. The molecule has 0 saturated heterocycles. The summed E-state index contributed by atoms with van der Waals surface area (Å²) < 4.78 is 2.22. The summed E-state index contributed by atoms with van der Waals surface area (Å²) in [6.45, 7) is 11.3. The van der Waals surface area contributed by atoms with Crippen molar-refractivity contribution in [3.63, 3.8) is 0 Å². The minimum atomic E-state index is 0.406. The molecule has 1 heterocycles. The number of aryl methyl sites for hydroxylation is 1. The van der Waals surface area contributed by atoms with E-state index < -0.39 is 0 Å². The van der Waals surface area contributed by atoms with Crippen LogP contribution in [0.4, 0.5) is 0 Å². The Labute approximate surface area is 117 Å². The first kappa shape index (κ1) is 14.6. The number of nitrogens with zero attached hydrogens (tertiary/aromatic N) is 2. The smallest absolute Gasteiger partial charge is 0.0948 e. The second kappa shape index (κ2) is 6.08. The first-order valence-corrected chi connectivity index (χ1v) is 7.74. The lowest BCUT2D eigenvalue weighted by Gasteiger charge is -2.41. The molecule has 2 rings (SSSR count). The van der Waals surface area contributed by atoms with Gasteiger partial charge in [0.1, 0.15) is 0 Å². The second-order valence-electron chi connectivity index (χ2n) is 6.92. The van der Waals surface area contributed by atoms with Crippen molar-refractivity contribution in [1.82, 2.24) is 14.9 Å². The normalized spacial score (nSPS) is 24.6. The van der Waals surface area contributed by atoms with Gasteiger partial charge in [0.05, 0.1) is 12.0 Å². The van der Waals surface area contributed by atoms with Crippen LogP contribution in [0.1, 0.15) is 59.1 Å². The van der Waals surface area contributed by atoms with Crippen molar-refractivity contribution in [2.45, 2.75) is 72.5 Å².